The van der Waals surface area contributed by atoms with Crippen molar-refractivity contribution in [2.24, 2.45) is 0 Å². The minimum absolute atomic E-state index is 0.0954. The summed E-state index contributed by atoms with van der Waals surface area (Å²) in [5, 5.41) is 13.9. The van der Waals surface area contributed by atoms with E-state index < -0.39 is 20.6 Å². The number of halogens is 1. The van der Waals surface area contributed by atoms with E-state index in [-0.39, 0.29) is 23.0 Å². The predicted octanol–water partition coefficient (Wildman–Crippen LogP) is 4.19. The molecule has 1 aliphatic rings. The fraction of sp³-hybridized carbons (Fsp3) is 0.250. The lowest BCUT2D eigenvalue weighted by Gasteiger charge is -2.33. The number of piperazine rings is 1. The second-order valence-corrected chi connectivity index (χ2v) is 10.3. The van der Waals surface area contributed by atoms with Gasteiger partial charge in [-0.05, 0) is 24.6 Å². The highest BCUT2D eigenvalue weighted by molar-refractivity contribution is 7.89. The van der Waals surface area contributed by atoms with E-state index in [9.17, 15) is 18.5 Å². The van der Waals surface area contributed by atoms with Crippen LogP contribution in [0.4, 0.5) is 10.8 Å². The van der Waals surface area contributed by atoms with Gasteiger partial charge in [-0.1, -0.05) is 35.9 Å². The Hall–Kier alpha value is -2.53. The van der Waals surface area contributed by atoms with Crippen molar-refractivity contribution in [2.75, 3.05) is 31.1 Å². The monoisotopic (exact) mass is 478 g/mol. The molecule has 1 fully saturated rings. The number of nitro groups is 1. The summed E-state index contributed by atoms with van der Waals surface area (Å²) in [7, 11) is -3.86. The van der Waals surface area contributed by atoms with Crippen molar-refractivity contribution in [1.82, 2.24) is 9.29 Å². The number of nitrogens with zero attached hydrogens (tertiary/aromatic N) is 4. The zero-order valence-corrected chi connectivity index (χ0v) is 19.0. The van der Waals surface area contributed by atoms with Crippen LogP contribution in [0.2, 0.25) is 5.02 Å². The third kappa shape index (κ3) is 4.29. The first kappa shape index (κ1) is 21.7. The predicted molar refractivity (Wildman–Crippen MR) is 121 cm³/mol. The highest BCUT2D eigenvalue weighted by Gasteiger charge is 2.31. The molecule has 1 aliphatic heterocycles. The summed E-state index contributed by atoms with van der Waals surface area (Å²) in [4.78, 5) is 17.1. The molecule has 1 aromatic heterocycles. The minimum Gasteiger partial charge on any atom is -0.345 e. The van der Waals surface area contributed by atoms with Gasteiger partial charge >= 0.3 is 0 Å². The maximum absolute atomic E-state index is 13.0. The van der Waals surface area contributed by atoms with Crippen LogP contribution in [0.3, 0.4) is 0 Å². The standard InChI is InChI=1S/C20H19ClN4O4S2/c1-14-4-2-3-5-16(14)18-13-30-20(22-18)23-8-10-24(11-9-23)31(28,29)15-6-7-17(21)19(12-15)25(26)27/h2-7,12-13H,8-11H2,1H3. The molecule has 31 heavy (non-hydrogen) atoms. The van der Waals surface area contributed by atoms with E-state index in [2.05, 4.69) is 4.90 Å². The third-order valence-corrected chi connectivity index (χ3v) is 8.29. The third-order valence-electron chi connectivity index (χ3n) is 5.17. The Kier molecular flexibility index (Phi) is 5.98. The molecule has 8 nitrogen and oxygen atoms in total. The summed E-state index contributed by atoms with van der Waals surface area (Å²) in [6, 6.07) is 11.6. The van der Waals surface area contributed by atoms with Gasteiger partial charge in [-0.25, -0.2) is 13.4 Å². The molecule has 0 aliphatic carbocycles. The van der Waals surface area contributed by atoms with Crippen molar-refractivity contribution in [1.29, 1.82) is 0 Å². The van der Waals surface area contributed by atoms with Crippen molar-refractivity contribution in [3.63, 3.8) is 0 Å². The lowest BCUT2D eigenvalue weighted by Crippen LogP contribution is -2.48. The molecule has 0 atom stereocenters. The number of nitro benzene ring substituents is 1. The van der Waals surface area contributed by atoms with Crippen LogP contribution >= 0.6 is 22.9 Å². The van der Waals surface area contributed by atoms with Crippen molar-refractivity contribution in [2.45, 2.75) is 11.8 Å². The molecule has 4 rings (SSSR count). The number of aromatic nitrogens is 1. The largest absolute Gasteiger partial charge is 0.345 e. The van der Waals surface area contributed by atoms with Gasteiger partial charge in [0.2, 0.25) is 10.0 Å². The topological polar surface area (TPSA) is 96.7 Å². The highest BCUT2D eigenvalue weighted by atomic mass is 35.5. The first-order chi connectivity index (χ1) is 14.8. The second kappa shape index (κ2) is 8.54. The number of sulfonamides is 1. The van der Waals surface area contributed by atoms with Crippen LogP contribution in [0.25, 0.3) is 11.3 Å². The smallest absolute Gasteiger partial charge is 0.289 e. The number of rotatable bonds is 5. The Bertz CT molecular complexity index is 1240. The van der Waals surface area contributed by atoms with Gasteiger partial charge in [-0.3, -0.25) is 10.1 Å². The zero-order chi connectivity index (χ0) is 22.2. The average Bonchev–Trinajstić information content (AvgIpc) is 3.24. The van der Waals surface area contributed by atoms with Gasteiger partial charge in [-0.2, -0.15) is 4.31 Å². The molecule has 2 aromatic carbocycles. The number of benzene rings is 2. The van der Waals surface area contributed by atoms with Gasteiger partial charge in [-0.15, -0.1) is 11.3 Å². The fourth-order valence-electron chi connectivity index (χ4n) is 3.46. The number of anilines is 1. The molecular formula is C20H19ClN4O4S2. The first-order valence-electron chi connectivity index (χ1n) is 9.48. The summed E-state index contributed by atoms with van der Waals surface area (Å²) in [5.74, 6) is 0. The van der Waals surface area contributed by atoms with Crippen LogP contribution < -0.4 is 4.90 Å². The minimum atomic E-state index is -3.86. The molecule has 11 heteroatoms. The molecule has 0 unspecified atom stereocenters. The van der Waals surface area contributed by atoms with Gasteiger partial charge in [0.15, 0.2) is 5.13 Å². The maximum atomic E-state index is 13.0. The molecule has 3 aromatic rings. The number of aryl methyl sites for hydroxylation is 1. The van der Waals surface area contributed by atoms with Crippen molar-refractivity contribution in [3.8, 4) is 11.3 Å². The lowest BCUT2D eigenvalue weighted by molar-refractivity contribution is -0.384. The number of hydrogen-bond donors (Lipinski definition) is 0. The Labute approximate surface area is 188 Å². The molecule has 0 saturated carbocycles. The zero-order valence-electron chi connectivity index (χ0n) is 16.6. The van der Waals surface area contributed by atoms with Gasteiger partial charge < -0.3 is 4.90 Å². The highest BCUT2D eigenvalue weighted by Crippen LogP contribution is 2.32. The van der Waals surface area contributed by atoms with Crippen molar-refractivity contribution < 1.29 is 13.3 Å². The maximum Gasteiger partial charge on any atom is 0.289 e. The molecule has 0 radical (unpaired) electrons. The average molecular weight is 479 g/mol. The number of thiazole rings is 1. The van der Waals surface area contributed by atoms with Crippen LogP contribution in [-0.4, -0.2) is 48.8 Å². The van der Waals surface area contributed by atoms with Crippen molar-refractivity contribution >= 4 is 43.8 Å². The van der Waals surface area contributed by atoms with E-state index >= 15 is 0 Å². The SMILES string of the molecule is Cc1ccccc1-c1csc(N2CCN(S(=O)(=O)c3ccc(Cl)c([N+](=O)[O-])c3)CC2)n1. The van der Waals surface area contributed by atoms with Crippen LogP contribution in [0, 0.1) is 17.0 Å². The van der Waals surface area contributed by atoms with E-state index in [1.54, 1.807) is 0 Å². The van der Waals surface area contributed by atoms with Gasteiger partial charge in [0.25, 0.3) is 5.69 Å². The summed E-state index contributed by atoms with van der Waals surface area (Å²) in [6.07, 6.45) is 0. The summed E-state index contributed by atoms with van der Waals surface area (Å²) in [6.45, 7) is 3.53. The molecule has 1 saturated heterocycles. The first-order valence-corrected chi connectivity index (χ1v) is 12.2. The van der Waals surface area contributed by atoms with Gasteiger partial charge in [0.05, 0.1) is 15.5 Å². The summed E-state index contributed by atoms with van der Waals surface area (Å²) < 4.78 is 27.3. The van der Waals surface area contributed by atoms with E-state index in [0.29, 0.717) is 13.1 Å². The summed E-state index contributed by atoms with van der Waals surface area (Å²) >= 11 is 7.34. The van der Waals surface area contributed by atoms with Crippen LogP contribution in [-0.2, 0) is 10.0 Å². The number of hydrogen-bond acceptors (Lipinski definition) is 7. The molecular weight excluding hydrogens is 460 g/mol. The molecule has 0 spiro atoms. The van der Waals surface area contributed by atoms with Crippen LogP contribution in [0.5, 0.6) is 0 Å². The van der Waals surface area contributed by atoms with Crippen LogP contribution in [0.15, 0.2) is 52.7 Å². The van der Waals surface area contributed by atoms with Crippen LogP contribution in [0.1, 0.15) is 5.56 Å². The Morgan fingerprint density at radius 3 is 2.52 bits per heavy atom. The van der Waals surface area contributed by atoms with E-state index in [1.165, 1.54) is 27.8 Å². The summed E-state index contributed by atoms with van der Waals surface area (Å²) in [5.41, 5.74) is 2.71. The Morgan fingerprint density at radius 2 is 1.84 bits per heavy atom. The van der Waals surface area contributed by atoms with E-state index in [0.717, 1.165) is 28.0 Å². The fourth-order valence-corrected chi connectivity index (χ4v) is 5.96. The Morgan fingerprint density at radius 1 is 1.13 bits per heavy atom. The van der Waals surface area contributed by atoms with Gasteiger partial charge in [0, 0.05) is 43.2 Å². The van der Waals surface area contributed by atoms with Crippen molar-refractivity contribution in [3.05, 3.63) is 68.5 Å². The lowest BCUT2D eigenvalue weighted by atomic mass is 10.1. The quantitative estimate of drug-likeness (QED) is 0.403. The van der Waals surface area contributed by atoms with Gasteiger partial charge in [0.1, 0.15) is 5.02 Å². The molecule has 0 bridgehead atoms. The van der Waals surface area contributed by atoms with E-state index in [4.69, 9.17) is 16.6 Å². The molecule has 0 amide bonds. The Balaban J connectivity index is 1.48. The molecule has 2 heterocycles. The molecule has 0 N–H and O–H groups in total. The second-order valence-electron chi connectivity index (χ2n) is 7.09. The molecule has 162 valence electrons. The normalized spacial score (nSPS) is 15.2. The van der Waals surface area contributed by atoms with E-state index in [1.807, 2.05) is 36.6 Å².